The van der Waals surface area contributed by atoms with Crippen LogP contribution in [0.5, 0.6) is 0 Å². The molecule has 3 aromatic rings. The SMILES string of the molecule is Cc1cc(C2(C)NC(=O)N(CC(=O)N3N=C(c4ccc(Cl)cc4)CC3c3ccco3)C2=O)c(C)o1. The second-order valence-corrected chi connectivity index (χ2v) is 9.24. The molecule has 1 fully saturated rings. The Morgan fingerprint density at radius 1 is 1.23 bits per heavy atom. The van der Waals surface area contributed by atoms with E-state index in [1.54, 1.807) is 51.1 Å². The van der Waals surface area contributed by atoms with Crippen molar-refractivity contribution >= 4 is 35.2 Å². The van der Waals surface area contributed by atoms with Crippen LogP contribution in [0.15, 0.2) is 62.7 Å². The molecule has 2 aliphatic rings. The number of nitrogens with zero attached hydrogens (tertiary/aromatic N) is 3. The first-order valence-electron chi connectivity index (χ1n) is 11.1. The standard InChI is InChI=1S/C25H23ClN4O5/c1-14-11-18(15(2)35-14)25(3)23(32)29(24(33)27-25)13-22(31)30-20(21-5-4-10-34-21)12-19(28-30)16-6-8-17(26)9-7-16/h4-11,20H,12-13H2,1-3H3,(H,27,33). The van der Waals surface area contributed by atoms with Gasteiger partial charge in [-0.3, -0.25) is 14.5 Å². The van der Waals surface area contributed by atoms with Gasteiger partial charge in [0.1, 0.15) is 35.4 Å². The van der Waals surface area contributed by atoms with Crippen molar-refractivity contribution in [3.63, 3.8) is 0 Å². The zero-order valence-electron chi connectivity index (χ0n) is 19.4. The Bertz CT molecular complexity index is 1340. The highest BCUT2D eigenvalue weighted by Crippen LogP contribution is 2.35. The Balaban J connectivity index is 1.42. The maximum atomic E-state index is 13.4. The van der Waals surface area contributed by atoms with Crippen LogP contribution in [0.4, 0.5) is 4.79 Å². The van der Waals surface area contributed by atoms with E-state index >= 15 is 0 Å². The monoisotopic (exact) mass is 494 g/mol. The topological polar surface area (TPSA) is 108 Å². The molecular formula is C25H23ClN4O5. The van der Waals surface area contributed by atoms with Crippen molar-refractivity contribution in [2.45, 2.75) is 38.8 Å². The summed E-state index contributed by atoms with van der Waals surface area (Å²) in [5, 5.41) is 9.13. The van der Waals surface area contributed by atoms with Crippen LogP contribution in [0.1, 0.15) is 47.8 Å². The van der Waals surface area contributed by atoms with E-state index in [4.69, 9.17) is 20.4 Å². The number of halogens is 1. The molecule has 180 valence electrons. The Labute approximate surface area is 206 Å². The smallest absolute Gasteiger partial charge is 0.325 e. The normalized spacial score (nSPS) is 22.1. The number of hydrogen-bond donors (Lipinski definition) is 1. The van der Waals surface area contributed by atoms with Crippen LogP contribution >= 0.6 is 11.6 Å². The molecule has 4 heterocycles. The minimum Gasteiger partial charge on any atom is -0.467 e. The van der Waals surface area contributed by atoms with Gasteiger partial charge in [-0.25, -0.2) is 9.80 Å². The van der Waals surface area contributed by atoms with Gasteiger partial charge in [-0.2, -0.15) is 5.10 Å². The predicted octanol–water partition coefficient (Wildman–Crippen LogP) is 4.29. The number of nitrogens with one attached hydrogen (secondary N) is 1. The predicted molar refractivity (Wildman–Crippen MR) is 127 cm³/mol. The van der Waals surface area contributed by atoms with Crippen LogP contribution < -0.4 is 5.32 Å². The molecule has 1 aromatic carbocycles. The van der Waals surface area contributed by atoms with Gasteiger partial charge in [0.15, 0.2) is 0 Å². The second-order valence-electron chi connectivity index (χ2n) is 8.80. The number of amides is 4. The first-order chi connectivity index (χ1) is 16.7. The lowest BCUT2D eigenvalue weighted by molar-refractivity contribution is -0.140. The molecule has 4 amide bonds. The number of aryl methyl sites for hydroxylation is 2. The van der Waals surface area contributed by atoms with Gasteiger partial charge in [0.05, 0.1) is 12.0 Å². The summed E-state index contributed by atoms with van der Waals surface area (Å²) in [6, 6.07) is 11.2. The first kappa shape index (κ1) is 22.9. The molecule has 1 N–H and O–H groups in total. The summed E-state index contributed by atoms with van der Waals surface area (Å²) in [7, 11) is 0. The third-order valence-corrected chi connectivity index (χ3v) is 6.61. The fourth-order valence-corrected chi connectivity index (χ4v) is 4.74. The molecule has 0 spiro atoms. The maximum Gasteiger partial charge on any atom is 0.325 e. The minimum absolute atomic E-state index is 0.409. The van der Waals surface area contributed by atoms with E-state index in [-0.39, 0.29) is 0 Å². The van der Waals surface area contributed by atoms with Gasteiger partial charge in [0.25, 0.3) is 11.8 Å². The minimum atomic E-state index is -1.33. The van der Waals surface area contributed by atoms with Crippen LogP contribution in [-0.4, -0.2) is 40.0 Å². The lowest BCUT2D eigenvalue weighted by atomic mass is 9.92. The maximum absolute atomic E-state index is 13.4. The Hall–Kier alpha value is -3.85. The van der Waals surface area contributed by atoms with Crippen molar-refractivity contribution in [1.29, 1.82) is 0 Å². The Morgan fingerprint density at radius 2 is 1.97 bits per heavy atom. The Kier molecular flexibility index (Phi) is 5.52. The van der Waals surface area contributed by atoms with Crippen LogP contribution in [0.2, 0.25) is 5.02 Å². The summed E-state index contributed by atoms with van der Waals surface area (Å²) in [5.74, 6) is 0.662. The average Bonchev–Trinajstić information content (AvgIpc) is 3.59. The van der Waals surface area contributed by atoms with Crippen molar-refractivity contribution < 1.29 is 23.2 Å². The zero-order chi connectivity index (χ0) is 24.9. The number of carbonyl (C=O) groups excluding carboxylic acids is 3. The summed E-state index contributed by atoms with van der Waals surface area (Å²) >= 11 is 6.01. The fourth-order valence-electron chi connectivity index (χ4n) is 4.62. The van der Waals surface area contributed by atoms with Gasteiger partial charge in [0, 0.05) is 17.0 Å². The molecule has 2 aromatic heterocycles. The highest BCUT2D eigenvalue weighted by atomic mass is 35.5. The molecule has 2 atom stereocenters. The molecule has 1 saturated heterocycles. The lowest BCUT2D eigenvalue weighted by Crippen LogP contribution is -2.43. The Morgan fingerprint density at radius 3 is 2.60 bits per heavy atom. The summed E-state index contributed by atoms with van der Waals surface area (Å²) in [5.41, 5.74) is 0.709. The van der Waals surface area contributed by atoms with Crippen LogP contribution in [0.3, 0.4) is 0 Å². The number of furan rings is 2. The molecule has 9 nitrogen and oxygen atoms in total. The van der Waals surface area contributed by atoms with E-state index < -0.39 is 36.0 Å². The molecule has 2 unspecified atom stereocenters. The molecule has 0 radical (unpaired) electrons. The van der Waals surface area contributed by atoms with Crippen molar-refractivity contribution in [2.24, 2.45) is 5.10 Å². The van der Waals surface area contributed by atoms with Gasteiger partial charge in [-0.05, 0) is 56.7 Å². The van der Waals surface area contributed by atoms with Crippen molar-refractivity contribution in [3.05, 3.63) is 82.2 Å². The highest BCUT2D eigenvalue weighted by molar-refractivity contribution is 6.30. The molecule has 0 saturated carbocycles. The number of hydrogen-bond acceptors (Lipinski definition) is 6. The number of carbonyl (C=O) groups is 3. The number of rotatable bonds is 5. The van der Waals surface area contributed by atoms with Gasteiger partial charge < -0.3 is 14.2 Å². The van der Waals surface area contributed by atoms with Gasteiger partial charge in [0.2, 0.25) is 0 Å². The largest absolute Gasteiger partial charge is 0.467 e. The molecule has 2 aliphatic heterocycles. The van der Waals surface area contributed by atoms with Gasteiger partial charge in [-0.15, -0.1) is 0 Å². The van der Waals surface area contributed by atoms with E-state index in [2.05, 4.69) is 10.4 Å². The average molecular weight is 495 g/mol. The van der Waals surface area contributed by atoms with E-state index in [9.17, 15) is 14.4 Å². The summed E-state index contributed by atoms with van der Waals surface area (Å²) in [6.07, 6.45) is 1.93. The van der Waals surface area contributed by atoms with Crippen molar-refractivity contribution in [3.8, 4) is 0 Å². The van der Waals surface area contributed by atoms with E-state index in [0.29, 0.717) is 40.0 Å². The number of imide groups is 1. The molecular weight excluding hydrogens is 472 g/mol. The molecule has 0 aliphatic carbocycles. The van der Waals surface area contributed by atoms with Crippen LogP contribution in [0.25, 0.3) is 0 Å². The quantitative estimate of drug-likeness (QED) is 0.532. The highest BCUT2D eigenvalue weighted by Gasteiger charge is 2.51. The molecule has 0 bridgehead atoms. The number of hydrazone groups is 1. The lowest BCUT2D eigenvalue weighted by Gasteiger charge is -2.23. The number of urea groups is 1. The van der Waals surface area contributed by atoms with Crippen LogP contribution in [-0.2, 0) is 15.1 Å². The first-order valence-corrected chi connectivity index (χ1v) is 11.5. The third-order valence-electron chi connectivity index (χ3n) is 6.36. The van der Waals surface area contributed by atoms with E-state index in [1.807, 2.05) is 12.1 Å². The summed E-state index contributed by atoms with van der Waals surface area (Å²) in [4.78, 5) is 40.5. The van der Waals surface area contributed by atoms with E-state index in [1.165, 1.54) is 11.3 Å². The van der Waals surface area contributed by atoms with E-state index in [0.717, 1.165) is 10.5 Å². The van der Waals surface area contributed by atoms with Gasteiger partial charge in [-0.1, -0.05) is 23.7 Å². The molecule has 10 heteroatoms. The molecule has 5 rings (SSSR count). The fraction of sp³-hybridized carbons (Fsp3) is 0.280. The van der Waals surface area contributed by atoms with Crippen molar-refractivity contribution in [1.82, 2.24) is 15.2 Å². The third kappa shape index (κ3) is 3.91. The van der Waals surface area contributed by atoms with Crippen molar-refractivity contribution in [2.75, 3.05) is 6.54 Å². The van der Waals surface area contributed by atoms with Crippen LogP contribution in [0, 0.1) is 13.8 Å². The summed E-state index contributed by atoms with van der Waals surface area (Å²) in [6.45, 7) is 4.63. The number of benzene rings is 1. The molecule has 35 heavy (non-hydrogen) atoms. The zero-order valence-corrected chi connectivity index (χ0v) is 20.1. The van der Waals surface area contributed by atoms with Gasteiger partial charge >= 0.3 is 6.03 Å². The summed E-state index contributed by atoms with van der Waals surface area (Å²) < 4.78 is 11.1. The second kappa shape index (κ2) is 8.42.